The molecule has 0 aliphatic carbocycles. The molecule has 1 aliphatic heterocycles. The maximum absolute atomic E-state index is 12.5. The van der Waals surface area contributed by atoms with Gasteiger partial charge in [0, 0.05) is 31.2 Å². The number of nitrogens with one attached hydrogen (secondary N) is 2. The molecule has 2 aromatic rings. The normalized spacial score (nSPS) is 17.9. The molecule has 0 saturated carbocycles. The molecule has 22 heavy (non-hydrogen) atoms. The molecule has 1 aliphatic rings. The van der Waals surface area contributed by atoms with Gasteiger partial charge in [0.05, 0.1) is 10.7 Å². The molecule has 118 valence electrons. The Morgan fingerprint density at radius 2 is 2.18 bits per heavy atom. The molecule has 2 heterocycles. The third-order valence-electron chi connectivity index (χ3n) is 3.72. The minimum atomic E-state index is -0.0187. The summed E-state index contributed by atoms with van der Waals surface area (Å²) in [7, 11) is 0. The lowest BCUT2D eigenvalue weighted by Gasteiger charge is -2.33. The van der Waals surface area contributed by atoms with E-state index in [0.717, 1.165) is 18.7 Å². The zero-order valence-electron chi connectivity index (χ0n) is 12.2. The van der Waals surface area contributed by atoms with Crippen LogP contribution in [-0.4, -0.2) is 46.7 Å². The monoisotopic (exact) mass is 340 g/mol. The Kier molecular flexibility index (Phi) is 5.45. The second-order valence-electron chi connectivity index (χ2n) is 5.20. The van der Waals surface area contributed by atoms with E-state index in [-0.39, 0.29) is 24.4 Å². The molecule has 2 N–H and O–H groups in total. The van der Waals surface area contributed by atoms with Crippen molar-refractivity contribution in [2.24, 2.45) is 0 Å². The lowest BCUT2D eigenvalue weighted by Crippen LogP contribution is -2.52. The van der Waals surface area contributed by atoms with E-state index in [0.29, 0.717) is 23.0 Å². The summed E-state index contributed by atoms with van der Waals surface area (Å²) in [5.41, 5.74) is 2.01. The zero-order valence-corrected chi connectivity index (χ0v) is 13.7. The van der Waals surface area contributed by atoms with Gasteiger partial charge >= 0.3 is 0 Å². The van der Waals surface area contributed by atoms with E-state index in [4.69, 9.17) is 11.6 Å². The first-order chi connectivity index (χ1) is 10.2. The van der Waals surface area contributed by atoms with Gasteiger partial charge in [0.15, 0.2) is 0 Å². The minimum Gasteiger partial charge on any atom is -0.332 e. The summed E-state index contributed by atoms with van der Waals surface area (Å²) >= 11 is 6.16. The number of halogens is 2. The van der Waals surface area contributed by atoms with Crippen molar-refractivity contribution >= 4 is 29.9 Å². The first-order valence-electron chi connectivity index (χ1n) is 6.99. The molecule has 3 rings (SSSR count). The number of hydrogen-bond acceptors (Lipinski definition) is 3. The summed E-state index contributed by atoms with van der Waals surface area (Å²) in [6.45, 7) is 4.38. The standard InChI is InChI=1S/C15H17ClN4O.ClH/c1-10-9-17-6-7-20(10)15(21)14-8-13(18-19-14)11-4-2-3-5-12(11)16;/h2-5,8,10,17H,6-7,9H2,1H3,(H,18,19);1H/t10-;/m0./s1. The van der Waals surface area contributed by atoms with E-state index in [2.05, 4.69) is 15.5 Å². The average molecular weight is 341 g/mol. The van der Waals surface area contributed by atoms with E-state index in [1.807, 2.05) is 36.1 Å². The summed E-state index contributed by atoms with van der Waals surface area (Å²) in [6, 6.07) is 9.41. The van der Waals surface area contributed by atoms with Crippen LogP contribution in [0.3, 0.4) is 0 Å². The average Bonchev–Trinajstić information content (AvgIpc) is 2.97. The quantitative estimate of drug-likeness (QED) is 0.883. The Bertz CT molecular complexity index is 658. The van der Waals surface area contributed by atoms with E-state index in [9.17, 15) is 4.79 Å². The number of rotatable bonds is 2. The van der Waals surface area contributed by atoms with Crippen LogP contribution < -0.4 is 5.32 Å². The van der Waals surface area contributed by atoms with Crippen molar-refractivity contribution in [3.05, 3.63) is 41.0 Å². The molecule has 0 spiro atoms. The molecule has 0 radical (unpaired) electrons. The number of carbonyl (C=O) groups is 1. The van der Waals surface area contributed by atoms with Gasteiger partial charge < -0.3 is 10.2 Å². The number of benzene rings is 1. The molecule has 0 unspecified atom stereocenters. The number of carbonyl (C=O) groups excluding carboxylic acids is 1. The van der Waals surface area contributed by atoms with Crippen molar-refractivity contribution in [1.82, 2.24) is 20.4 Å². The van der Waals surface area contributed by atoms with Crippen LogP contribution in [0.15, 0.2) is 30.3 Å². The molecular formula is C15H18Cl2N4O. The molecule has 1 fully saturated rings. The van der Waals surface area contributed by atoms with Crippen molar-refractivity contribution < 1.29 is 4.79 Å². The lowest BCUT2D eigenvalue weighted by molar-refractivity contribution is 0.0649. The highest BCUT2D eigenvalue weighted by Crippen LogP contribution is 2.26. The third kappa shape index (κ3) is 3.27. The van der Waals surface area contributed by atoms with Gasteiger partial charge in [0.1, 0.15) is 5.69 Å². The fourth-order valence-corrected chi connectivity index (χ4v) is 2.77. The third-order valence-corrected chi connectivity index (χ3v) is 4.05. The second kappa shape index (κ2) is 7.13. The van der Waals surface area contributed by atoms with Crippen LogP contribution in [0, 0.1) is 0 Å². The van der Waals surface area contributed by atoms with Gasteiger partial charge in [0.25, 0.3) is 5.91 Å². The van der Waals surface area contributed by atoms with Crippen LogP contribution in [0.5, 0.6) is 0 Å². The predicted octanol–water partition coefficient (Wildman–Crippen LogP) is 2.59. The van der Waals surface area contributed by atoms with Crippen molar-refractivity contribution in [2.45, 2.75) is 13.0 Å². The summed E-state index contributed by atoms with van der Waals surface area (Å²) in [5, 5.41) is 10.9. The second-order valence-corrected chi connectivity index (χ2v) is 5.61. The van der Waals surface area contributed by atoms with Crippen molar-refractivity contribution in [3.63, 3.8) is 0 Å². The highest BCUT2D eigenvalue weighted by Gasteiger charge is 2.25. The van der Waals surface area contributed by atoms with Gasteiger partial charge in [-0.05, 0) is 19.1 Å². The molecule has 1 saturated heterocycles. The van der Waals surface area contributed by atoms with Gasteiger partial charge in [-0.3, -0.25) is 9.89 Å². The number of aromatic amines is 1. The maximum atomic E-state index is 12.5. The van der Waals surface area contributed by atoms with Crippen LogP contribution >= 0.6 is 24.0 Å². The lowest BCUT2D eigenvalue weighted by atomic mass is 10.1. The largest absolute Gasteiger partial charge is 0.332 e. The van der Waals surface area contributed by atoms with Crippen LogP contribution in [0.1, 0.15) is 17.4 Å². The fraction of sp³-hybridized carbons (Fsp3) is 0.333. The van der Waals surface area contributed by atoms with Gasteiger partial charge in [-0.2, -0.15) is 5.10 Å². The van der Waals surface area contributed by atoms with Gasteiger partial charge in [0.2, 0.25) is 0 Å². The minimum absolute atomic E-state index is 0. The van der Waals surface area contributed by atoms with Gasteiger partial charge in [-0.25, -0.2) is 0 Å². The number of amides is 1. The first kappa shape index (κ1) is 16.8. The predicted molar refractivity (Wildman–Crippen MR) is 89.6 cm³/mol. The molecule has 1 aromatic heterocycles. The number of nitrogens with zero attached hydrogens (tertiary/aromatic N) is 2. The van der Waals surface area contributed by atoms with Gasteiger partial charge in [-0.1, -0.05) is 29.8 Å². The van der Waals surface area contributed by atoms with E-state index >= 15 is 0 Å². The first-order valence-corrected chi connectivity index (χ1v) is 7.36. The molecule has 1 aromatic carbocycles. The van der Waals surface area contributed by atoms with Gasteiger partial charge in [-0.15, -0.1) is 12.4 Å². The molecule has 0 bridgehead atoms. The van der Waals surface area contributed by atoms with E-state index in [1.165, 1.54) is 0 Å². The summed E-state index contributed by atoms with van der Waals surface area (Å²) < 4.78 is 0. The highest BCUT2D eigenvalue weighted by molar-refractivity contribution is 6.33. The van der Waals surface area contributed by atoms with E-state index < -0.39 is 0 Å². The Morgan fingerprint density at radius 1 is 1.41 bits per heavy atom. The number of H-pyrrole nitrogens is 1. The van der Waals surface area contributed by atoms with Crippen LogP contribution in [0.2, 0.25) is 5.02 Å². The van der Waals surface area contributed by atoms with Crippen molar-refractivity contribution in [1.29, 1.82) is 0 Å². The Balaban J connectivity index is 0.00000176. The molecule has 5 nitrogen and oxygen atoms in total. The molecular weight excluding hydrogens is 323 g/mol. The SMILES string of the molecule is C[C@H]1CNCCN1C(=O)c1cc(-c2ccccc2Cl)n[nH]1.Cl. The Labute approximate surface area is 140 Å². The fourth-order valence-electron chi connectivity index (χ4n) is 2.54. The van der Waals surface area contributed by atoms with Crippen LogP contribution in [-0.2, 0) is 0 Å². The maximum Gasteiger partial charge on any atom is 0.272 e. The van der Waals surface area contributed by atoms with Crippen LogP contribution in [0.4, 0.5) is 0 Å². The molecule has 7 heteroatoms. The van der Waals surface area contributed by atoms with Crippen molar-refractivity contribution in [3.8, 4) is 11.3 Å². The smallest absolute Gasteiger partial charge is 0.272 e. The topological polar surface area (TPSA) is 61.0 Å². The molecule has 1 atom stereocenters. The summed E-state index contributed by atoms with van der Waals surface area (Å²) in [6.07, 6.45) is 0. The number of aromatic nitrogens is 2. The Hall–Kier alpha value is -1.56. The summed E-state index contributed by atoms with van der Waals surface area (Å²) in [4.78, 5) is 14.4. The summed E-state index contributed by atoms with van der Waals surface area (Å²) in [5.74, 6) is -0.0187. The van der Waals surface area contributed by atoms with Crippen molar-refractivity contribution in [2.75, 3.05) is 19.6 Å². The number of hydrogen-bond donors (Lipinski definition) is 2. The number of piperazine rings is 1. The zero-order chi connectivity index (χ0) is 14.8. The highest BCUT2D eigenvalue weighted by atomic mass is 35.5. The van der Waals surface area contributed by atoms with E-state index in [1.54, 1.807) is 6.07 Å². The van der Waals surface area contributed by atoms with Crippen LogP contribution in [0.25, 0.3) is 11.3 Å². The molecule has 1 amide bonds. The Morgan fingerprint density at radius 3 is 2.91 bits per heavy atom.